The minimum absolute atomic E-state index is 0.142. The molecule has 186 valence electrons. The molecular formula is C28H39NO5. The van der Waals surface area contributed by atoms with Crippen molar-refractivity contribution >= 4 is 12.0 Å². The fourth-order valence-corrected chi connectivity index (χ4v) is 3.33. The Kier molecular flexibility index (Phi) is 11.9. The van der Waals surface area contributed by atoms with Gasteiger partial charge in [-0.25, -0.2) is 0 Å². The highest BCUT2D eigenvalue weighted by Crippen LogP contribution is 2.31. The average Bonchev–Trinajstić information content (AvgIpc) is 2.84. The summed E-state index contributed by atoms with van der Waals surface area (Å²) in [5, 5.41) is 2.95. The van der Waals surface area contributed by atoms with Crippen molar-refractivity contribution in [1.29, 1.82) is 0 Å². The molecule has 1 N–H and O–H groups in total. The van der Waals surface area contributed by atoms with Crippen molar-refractivity contribution in [3.63, 3.8) is 0 Å². The maximum Gasteiger partial charge on any atom is 0.244 e. The monoisotopic (exact) mass is 469 g/mol. The van der Waals surface area contributed by atoms with Crippen LogP contribution in [0.25, 0.3) is 6.08 Å². The van der Waals surface area contributed by atoms with Gasteiger partial charge in [-0.15, -0.1) is 0 Å². The molecule has 34 heavy (non-hydrogen) atoms. The van der Waals surface area contributed by atoms with E-state index in [2.05, 4.69) is 19.2 Å². The minimum Gasteiger partial charge on any atom is -0.493 e. The van der Waals surface area contributed by atoms with Crippen LogP contribution in [0.15, 0.2) is 36.4 Å². The van der Waals surface area contributed by atoms with E-state index in [9.17, 15) is 4.79 Å². The van der Waals surface area contributed by atoms with Crippen LogP contribution in [0.2, 0.25) is 0 Å². The quantitative estimate of drug-likeness (QED) is 0.266. The highest BCUT2D eigenvalue weighted by atomic mass is 16.5. The van der Waals surface area contributed by atoms with Crippen molar-refractivity contribution < 1.29 is 23.7 Å². The maximum atomic E-state index is 12.4. The molecular weight excluding hydrogens is 430 g/mol. The Labute approximate surface area is 204 Å². The smallest absolute Gasteiger partial charge is 0.244 e. The number of unbranched alkanes of at least 4 members (excludes halogenated alkanes) is 2. The zero-order valence-corrected chi connectivity index (χ0v) is 21.2. The fraction of sp³-hybridized carbons (Fsp3) is 0.464. The van der Waals surface area contributed by atoms with Gasteiger partial charge in [-0.05, 0) is 73.2 Å². The first kappa shape index (κ1) is 27.1. The lowest BCUT2D eigenvalue weighted by Gasteiger charge is -2.13. The van der Waals surface area contributed by atoms with E-state index in [1.807, 2.05) is 43.3 Å². The fourth-order valence-electron chi connectivity index (χ4n) is 3.33. The molecule has 0 aliphatic rings. The van der Waals surface area contributed by atoms with Gasteiger partial charge >= 0.3 is 0 Å². The van der Waals surface area contributed by atoms with E-state index in [-0.39, 0.29) is 5.91 Å². The van der Waals surface area contributed by atoms with E-state index < -0.39 is 0 Å². The Bertz CT molecular complexity index is 939. The lowest BCUT2D eigenvalue weighted by molar-refractivity contribution is -0.116. The molecule has 0 unspecified atom stereocenters. The number of methoxy groups -OCH3 is 2. The molecule has 2 aromatic carbocycles. The molecule has 1 amide bonds. The molecule has 0 radical (unpaired) electrons. The molecule has 2 rings (SSSR count). The summed E-state index contributed by atoms with van der Waals surface area (Å²) in [6.45, 7) is 8.06. The number of aryl methyl sites for hydroxylation is 1. The van der Waals surface area contributed by atoms with Gasteiger partial charge in [0.1, 0.15) is 0 Å². The summed E-state index contributed by atoms with van der Waals surface area (Å²) in [6, 6.07) is 9.74. The van der Waals surface area contributed by atoms with E-state index in [4.69, 9.17) is 18.9 Å². The van der Waals surface area contributed by atoms with Gasteiger partial charge in [0, 0.05) is 12.6 Å². The molecule has 0 fully saturated rings. The summed E-state index contributed by atoms with van der Waals surface area (Å²) in [7, 11) is 3.27. The molecule has 6 nitrogen and oxygen atoms in total. The third kappa shape index (κ3) is 8.65. The van der Waals surface area contributed by atoms with Crippen LogP contribution in [-0.4, -0.2) is 39.9 Å². The highest BCUT2D eigenvalue weighted by Gasteiger charge is 2.09. The SMILES string of the molecule is CCCCOc1cc(CCNC(=O)/C=C/c2cc(OCCCC)c(OC)cc2C)ccc1OC. The normalized spacial score (nSPS) is 10.9. The van der Waals surface area contributed by atoms with Gasteiger partial charge in [0.05, 0.1) is 27.4 Å². The van der Waals surface area contributed by atoms with Crippen LogP contribution in [0, 0.1) is 6.92 Å². The van der Waals surface area contributed by atoms with Gasteiger partial charge in [-0.3, -0.25) is 4.79 Å². The van der Waals surface area contributed by atoms with E-state index in [0.717, 1.165) is 53.9 Å². The molecule has 2 aromatic rings. The van der Waals surface area contributed by atoms with Crippen molar-refractivity contribution in [2.45, 2.75) is 52.9 Å². The summed E-state index contributed by atoms with van der Waals surface area (Å²) < 4.78 is 22.5. The van der Waals surface area contributed by atoms with Crippen LogP contribution in [-0.2, 0) is 11.2 Å². The second-order valence-corrected chi connectivity index (χ2v) is 8.12. The van der Waals surface area contributed by atoms with Crippen molar-refractivity contribution in [2.24, 2.45) is 0 Å². The molecule has 0 aromatic heterocycles. The van der Waals surface area contributed by atoms with E-state index in [1.54, 1.807) is 20.3 Å². The number of hydrogen-bond donors (Lipinski definition) is 1. The third-order valence-corrected chi connectivity index (χ3v) is 5.42. The topological polar surface area (TPSA) is 66.0 Å². The molecule has 0 bridgehead atoms. The Morgan fingerprint density at radius 2 is 1.53 bits per heavy atom. The van der Waals surface area contributed by atoms with Crippen molar-refractivity contribution in [1.82, 2.24) is 5.32 Å². The zero-order valence-electron chi connectivity index (χ0n) is 21.2. The van der Waals surface area contributed by atoms with Gasteiger partial charge in [0.15, 0.2) is 23.0 Å². The summed E-state index contributed by atoms with van der Waals surface area (Å²) in [6.07, 6.45) is 8.17. The Morgan fingerprint density at radius 1 is 0.882 bits per heavy atom. The lowest BCUT2D eigenvalue weighted by atomic mass is 10.1. The summed E-state index contributed by atoms with van der Waals surface area (Å²) in [4.78, 5) is 12.4. The summed E-state index contributed by atoms with van der Waals surface area (Å²) >= 11 is 0. The van der Waals surface area contributed by atoms with Gasteiger partial charge in [0.2, 0.25) is 5.91 Å². The van der Waals surface area contributed by atoms with Gasteiger partial charge in [-0.2, -0.15) is 0 Å². The first-order valence-electron chi connectivity index (χ1n) is 12.1. The zero-order chi connectivity index (χ0) is 24.8. The van der Waals surface area contributed by atoms with Gasteiger partial charge in [0.25, 0.3) is 0 Å². The predicted molar refractivity (Wildman–Crippen MR) is 137 cm³/mol. The van der Waals surface area contributed by atoms with E-state index in [0.29, 0.717) is 37.7 Å². The summed E-state index contributed by atoms with van der Waals surface area (Å²) in [5.74, 6) is 2.72. The molecule has 0 aliphatic heterocycles. The minimum atomic E-state index is -0.142. The second-order valence-electron chi connectivity index (χ2n) is 8.12. The number of benzene rings is 2. The maximum absolute atomic E-state index is 12.4. The average molecular weight is 470 g/mol. The number of amides is 1. The Balaban J connectivity index is 1.94. The predicted octanol–water partition coefficient (Wildman–Crippen LogP) is 5.74. The third-order valence-electron chi connectivity index (χ3n) is 5.42. The Morgan fingerprint density at radius 3 is 2.15 bits per heavy atom. The highest BCUT2D eigenvalue weighted by molar-refractivity contribution is 5.92. The second kappa shape index (κ2) is 14.9. The molecule has 0 spiro atoms. The number of carbonyl (C=O) groups excluding carboxylic acids is 1. The number of hydrogen-bond acceptors (Lipinski definition) is 5. The van der Waals surface area contributed by atoms with E-state index in [1.165, 1.54) is 0 Å². The standard InChI is InChI=1S/C28H39NO5/c1-6-8-16-33-26-19-22(10-12-24(26)31-4)14-15-29-28(30)13-11-23-20-27(34-17-9-7-2)25(32-5)18-21(23)3/h10-13,18-20H,6-9,14-17H2,1-5H3,(H,29,30)/b13-11+. The van der Waals surface area contributed by atoms with Crippen molar-refractivity contribution in [3.05, 3.63) is 53.1 Å². The number of nitrogens with one attached hydrogen (secondary N) is 1. The van der Waals surface area contributed by atoms with Gasteiger partial charge < -0.3 is 24.3 Å². The molecule has 0 atom stereocenters. The Hall–Kier alpha value is -3.15. The van der Waals surface area contributed by atoms with Crippen LogP contribution in [0.4, 0.5) is 0 Å². The van der Waals surface area contributed by atoms with Crippen LogP contribution < -0.4 is 24.3 Å². The molecule has 0 saturated heterocycles. The molecule has 0 heterocycles. The van der Waals surface area contributed by atoms with Crippen molar-refractivity contribution in [3.8, 4) is 23.0 Å². The van der Waals surface area contributed by atoms with Crippen LogP contribution in [0.1, 0.15) is 56.2 Å². The lowest BCUT2D eigenvalue weighted by Crippen LogP contribution is -2.23. The summed E-state index contributed by atoms with van der Waals surface area (Å²) in [5.41, 5.74) is 3.01. The van der Waals surface area contributed by atoms with Crippen LogP contribution >= 0.6 is 0 Å². The van der Waals surface area contributed by atoms with Crippen molar-refractivity contribution in [2.75, 3.05) is 34.0 Å². The molecule has 0 aliphatic carbocycles. The molecule has 0 saturated carbocycles. The number of rotatable bonds is 15. The number of ether oxygens (including phenoxy) is 4. The largest absolute Gasteiger partial charge is 0.493 e. The first-order chi connectivity index (χ1) is 16.5. The van der Waals surface area contributed by atoms with Crippen LogP contribution in [0.3, 0.4) is 0 Å². The van der Waals surface area contributed by atoms with E-state index >= 15 is 0 Å². The van der Waals surface area contributed by atoms with Gasteiger partial charge in [-0.1, -0.05) is 32.8 Å². The molecule has 6 heteroatoms. The first-order valence-corrected chi connectivity index (χ1v) is 12.1. The van der Waals surface area contributed by atoms with Crippen LogP contribution in [0.5, 0.6) is 23.0 Å². The number of carbonyl (C=O) groups is 1.